The molecule has 2 aromatic rings. The quantitative estimate of drug-likeness (QED) is 0.624. The Morgan fingerprint density at radius 3 is 2.07 bits per heavy atom. The molecule has 2 rings (SSSR count). The van der Waals surface area contributed by atoms with E-state index in [0.29, 0.717) is 23.8 Å². The summed E-state index contributed by atoms with van der Waals surface area (Å²) in [5.41, 5.74) is 1.14. The monoisotopic (exact) mass is 437 g/mol. The second-order valence-corrected chi connectivity index (χ2v) is 9.52. The van der Waals surface area contributed by atoms with Crippen molar-refractivity contribution in [2.75, 3.05) is 25.0 Å². The van der Waals surface area contributed by atoms with E-state index in [0.717, 1.165) is 5.56 Å². The van der Waals surface area contributed by atoms with Gasteiger partial charge in [-0.1, -0.05) is 37.6 Å². The summed E-state index contributed by atoms with van der Waals surface area (Å²) in [5.74, 6) is -0.216. The van der Waals surface area contributed by atoms with E-state index in [-0.39, 0.29) is 17.3 Å². The molecule has 0 spiro atoms. The Morgan fingerprint density at radius 2 is 1.55 bits per heavy atom. The molecule has 0 aromatic heterocycles. The van der Waals surface area contributed by atoms with Crippen molar-refractivity contribution < 1.29 is 13.2 Å². The summed E-state index contributed by atoms with van der Waals surface area (Å²) in [6.07, 6.45) is 0. The van der Waals surface area contributed by atoms with E-state index in [1.807, 2.05) is 38.1 Å². The molecular weight excluding hydrogens is 410 g/mol. The number of hydrogen-bond acceptors (Lipinski definition) is 4. The van der Waals surface area contributed by atoms with Gasteiger partial charge in [-0.3, -0.25) is 10.1 Å². The van der Waals surface area contributed by atoms with Crippen LogP contribution in [0, 0.1) is 0 Å². The molecule has 8 heteroatoms. The fourth-order valence-electron chi connectivity index (χ4n) is 2.90. The lowest BCUT2D eigenvalue weighted by Crippen LogP contribution is -2.41. The number of rotatable bonds is 9. The average Bonchev–Trinajstić information content (AvgIpc) is 2.68. The van der Waals surface area contributed by atoms with E-state index >= 15 is 0 Å². The van der Waals surface area contributed by atoms with Gasteiger partial charge in [0.05, 0.1) is 11.4 Å². The Hall–Kier alpha value is -1.93. The van der Waals surface area contributed by atoms with E-state index < -0.39 is 15.6 Å². The molecular formula is C21H28ClN3O3S. The van der Waals surface area contributed by atoms with Crippen LogP contribution in [0.5, 0.6) is 0 Å². The van der Waals surface area contributed by atoms with E-state index in [9.17, 15) is 13.2 Å². The number of carbonyl (C=O) groups is 1. The van der Waals surface area contributed by atoms with Crippen LogP contribution in [0.2, 0.25) is 5.02 Å². The summed E-state index contributed by atoms with van der Waals surface area (Å²) in [4.78, 5) is 12.5. The lowest BCUT2D eigenvalue weighted by atomic mass is 9.94. The molecule has 1 amide bonds. The number of amides is 1. The van der Waals surface area contributed by atoms with Crippen LogP contribution >= 0.6 is 11.6 Å². The van der Waals surface area contributed by atoms with Gasteiger partial charge in [0.2, 0.25) is 15.9 Å². The normalized spacial score (nSPS) is 12.2. The number of halogens is 1. The van der Waals surface area contributed by atoms with Gasteiger partial charge in [-0.15, -0.1) is 0 Å². The van der Waals surface area contributed by atoms with Gasteiger partial charge in [-0.05, 0) is 55.8 Å². The van der Waals surface area contributed by atoms with Crippen molar-refractivity contribution in [3.8, 4) is 0 Å². The minimum atomic E-state index is -3.51. The van der Waals surface area contributed by atoms with Crippen molar-refractivity contribution in [1.29, 1.82) is 0 Å². The molecule has 0 bridgehead atoms. The van der Waals surface area contributed by atoms with Crippen LogP contribution in [-0.4, -0.2) is 38.3 Å². The zero-order chi connectivity index (χ0) is 21.7. The summed E-state index contributed by atoms with van der Waals surface area (Å²) in [6, 6.07) is 13.7. The highest BCUT2D eigenvalue weighted by Gasteiger charge is 2.22. The smallest absolute Gasteiger partial charge is 0.243 e. The maximum absolute atomic E-state index is 12.5. The minimum absolute atomic E-state index is 0.106. The fraction of sp³-hybridized carbons (Fsp3) is 0.381. The van der Waals surface area contributed by atoms with E-state index in [2.05, 4.69) is 10.6 Å². The highest BCUT2D eigenvalue weighted by molar-refractivity contribution is 7.89. The van der Waals surface area contributed by atoms with Crippen molar-refractivity contribution in [2.45, 2.75) is 38.1 Å². The van der Waals surface area contributed by atoms with Crippen LogP contribution in [0.1, 0.15) is 33.3 Å². The molecule has 0 saturated heterocycles. The second-order valence-electron chi connectivity index (χ2n) is 7.15. The number of hydrogen-bond donors (Lipinski definition) is 2. The molecule has 0 unspecified atom stereocenters. The van der Waals surface area contributed by atoms with Gasteiger partial charge in [0.15, 0.2) is 0 Å². The SMILES string of the molecule is CCN(CC)S(=O)(=O)c1ccc(NC(=O)CNC(C)(C)c2ccc(Cl)cc2)cc1. The molecule has 29 heavy (non-hydrogen) atoms. The average molecular weight is 438 g/mol. The predicted octanol–water partition coefficient (Wildman–Crippen LogP) is 3.83. The highest BCUT2D eigenvalue weighted by atomic mass is 35.5. The summed E-state index contributed by atoms with van der Waals surface area (Å²) < 4.78 is 26.4. The van der Waals surface area contributed by atoms with Crippen LogP contribution in [0.15, 0.2) is 53.4 Å². The first-order valence-corrected chi connectivity index (χ1v) is 11.3. The molecule has 0 atom stereocenters. The summed E-state index contributed by atoms with van der Waals surface area (Å²) in [5, 5.41) is 6.66. The van der Waals surface area contributed by atoms with Crippen molar-refractivity contribution >= 4 is 33.2 Å². The Morgan fingerprint density at radius 1 is 1.00 bits per heavy atom. The molecule has 0 saturated carbocycles. The van der Waals surface area contributed by atoms with Crippen molar-refractivity contribution in [3.63, 3.8) is 0 Å². The molecule has 0 aliphatic heterocycles. The van der Waals surface area contributed by atoms with Gasteiger partial charge in [0, 0.05) is 29.3 Å². The lowest BCUT2D eigenvalue weighted by molar-refractivity contribution is -0.115. The largest absolute Gasteiger partial charge is 0.325 e. The zero-order valence-corrected chi connectivity index (χ0v) is 18.8. The molecule has 2 N–H and O–H groups in total. The molecule has 0 heterocycles. The maximum Gasteiger partial charge on any atom is 0.243 e. The van der Waals surface area contributed by atoms with Gasteiger partial charge < -0.3 is 5.32 Å². The fourth-order valence-corrected chi connectivity index (χ4v) is 4.48. The van der Waals surface area contributed by atoms with Gasteiger partial charge in [0.25, 0.3) is 0 Å². The molecule has 0 aliphatic carbocycles. The second kappa shape index (κ2) is 9.71. The number of anilines is 1. The third-order valence-corrected chi connectivity index (χ3v) is 7.05. The zero-order valence-electron chi connectivity index (χ0n) is 17.2. The Labute approximate surface area is 178 Å². The Bertz CT molecular complexity index is 923. The Balaban J connectivity index is 1.98. The van der Waals surface area contributed by atoms with Crippen molar-refractivity contribution in [1.82, 2.24) is 9.62 Å². The van der Waals surface area contributed by atoms with Gasteiger partial charge >= 0.3 is 0 Å². The molecule has 0 aliphatic rings. The first-order valence-electron chi connectivity index (χ1n) is 9.51. The van der Waals surface area contributed by atoms with Crippen LogP contribution in [0.25, 0.3) is 0 Å². The summed E-state index contributed by atoms with van der Waals surface area (Å²) in [6.45, 7) is 8.49. The molecule has 6 nitrogen and oxygen atoms in total. The van der Waals surface area contributed by atoms with E-state index in [4.69, 9.17) is 11.6 Å². The van der Waals surface area contributed by atoms with Crippen LogP contribution in [0.4, 0.5) is 5.69 Å². The third-order valence-electron chi connectivity index (χ3n) is 4.74. The maximum atomic E-state index is 12.5. The standard InChI is InChI=1S/C21H28ClN3O3S/c1-5-25(6-2)29(27,28)19-13-11-18(12-14-19)24-20(26)15-23-21(3,4)16-7-9-17(22)10-8-16/h7-14,23H,5-6,15H2,1-4H3,(H,24,26). The number of sulfonamides is 1. The molecule has 2 aromatic carbocycles. The highest BCUT2D eigenvalue weighted by Crippen LogP contribution is 2.22. The van der Waals surface area contributed by atoms with Crippen LogP contribution in [0.3, 0.4) is 0 Å². The van der Waals surface area contributed by atoms with Crippen LogP contribution < -0.4 is 10.6 Å². The van der Waals surface area contributed by atoms with Gasteiger partial charge in [0.1, 0.15) is 0 Å². The Kier molecular flexibility index (Phi) is 7.82. The molecule has 0 fully saturated rings. The first-order chi connectivity index (χ1) is 13.6. The van der Waals surface area contributed by atoms with Crippen molar-refractivity contribution in [3.05, 3.63) is 59.1 Å². The predicted molar refractivity (Wildman–Crippen MR) is 118 cm³/mol. The first kappa shape index (κ1) is 23.3. The topological polar surface area (TPSA) is 78.5 Å². The number of nitrogens with one attached hydrogen (secondary N) is 2. The lowest BCUT2D eigenvalue weighted by Gasteiger charge is -2.27. The van der Waals surface area contributed by atoms with E-state index in [1.165, 1.54) is 16.4 Å². The van der Waals surface area contributed by atoms with Gasteiger partial charge in [-0.25, -0.2) is 8.42 Å². The van der Waals surface area contributed by atoms with Gasteiger partial charge in [-0.2, -0.15) is 4.31 Å². The van der Waals surface area contributed by atoms with Crippen LogP contribution in [-0.2, 0) is 20.4 Å². The summed E-state index contributed by atoms with van der Waals surface area (Å²) in [7, 11) is -3.51. The number of benzene rings is 2. The van der Waals surface area contributed by atoms with Crippen molar-refractivity contribution in [2.24, 2.45) is 0 Å². The minimum Gasteiger partial charge on any atom is -0.325 e. The third kappa shape index (κ3) is 6.02. The van der Waals surface area contributed by atoms with E-state index in [1.54, 1.807) is 26.0 Å². The summed E-state index contributed by atoms with van der Waals surface area (Å²) >= 11 is 5.93. The molecule has 158 valence electrons. The number of nitrogens with zero attached hydrogens (tertiary/aromatic N) is 1. The molecule has 0 radical (unpaired) electrons. The number of carbonyl (C=O) groups excluding carboxylic acids is 1.